The van der Waals surface area contributed by atoms with E-state index < -0.39 is 17.4 Å². The highest BCUT2D eigenvalue weighted by Crippen LogP contribution is 2.27. The normalized spacial score (nSPS) is 15.8. The molecule has 33 heavy (non-hydrogen) atoms. The van der Waals surface area contributed by atoms with Crippen molar-refractivity contribution in [2.75, 3.05) is 51.3 Å². The number of ether oxygens (including phenoxy) is 1. The molecule has 1 aromatic carbocycles. The van der Waals surface area contributed by atoms with Crippen molar-refractivity contribution < 1.29 is 14.9 Å². The standard InChI is InChI=1S/C22H30N6O5/c1-14-12-17-18(13-16(14)23-4-6-27-7-10-33-11-8-27)28(5-2-15(30)3-9-29)20-19(24-17)21(31)26-22(32)25-20/h12-13,15,23,29-30H,2-11H2,1H3,(H,26,31,32)/t15-/m0/s1. The van der Waals surface area contributed by atoms with Crippen molar-refractivity contribution in [1.82, 2.24) is 24.4 Å². The van der Waals surface area contributed by atoms with E-state index in [4.69, 9.17) is 9.84 Å². The summed E-state index contributed by atoms with van der Waals surface area (Å²) in [5.41, 5.74) is 1.95. The van der Waals surface area contributed by atoms with Crippen LogP contribution in [-0.2, 0) is 11.3 Å². The number of anilines is 1. The van der Waals surface area contributed by atoms with E-state index in [0.29, 0.717) is 24.0 Å². The molecule has 11 heteroatoms. The molecule has 0 aliphatic carbocycles. The highest BCUT2D eigenvalue weighted by molar-refractivity contribution is 5.84. The number of nitrogens with zero attached hydrogens (tertiary/aromatic N) is 4. The topological polar surface area (TPSA) is 146 Å². The zero-order valence-electron chi connectivity index (χ0n) is 18.7. The molecule has 1 aromatic rings. The molecule has 0 spiro atoms. The zero-order valence-corrected chi connectivity index (χ0v) is 18.7. The van der Waals surface area contributed by atoms with Crippen molar-refractivity contribution >= 4 is 16.7 Å². The van der Waals surface area contributed by atoms with Gasteiger partial charge in [0.2, 0.25) is 0 Å². The fraction of sp³-hybridized carbons (Fsp3) is 0.545. The summed E-state index contributed by atoms with van der Waals surface area (Å²) in [5.74, 6) is 0.176. The molecule has 178 valence electrons. The van der Waals surface area contributed by atoms with E-state index in [0.717, 1.165) is 50.6 Å². The van der Waals surface area contributed by atoms with E-state index in [9.17, 15) is 14.7 Å². The number of benzene rings is 1. The molecule has 0 unspecified atom stereocenters. The SMILES string of the molecule is Cc1cc2nc3c(=O)[nH]c(=O)nc-3n(CC[C@H](O)CCO)c2cc1NCCN1CCOCC1. The van der Waals surface area contributed by atoms with E-state index in [2.05, 4.69) is 25.2 Å². The quantitative estimate of drug-likeness (QED) is 0.319. The molecule has 1 saturated heterocycles. The maximum Gasteiger partial charge on any atom is 0.349 e. The molecule has 1 fully saturated rings. The number of hydrogen-bond donors (Lipinski definition) is 4. The van der Waals surface area contributed by atoms with Crippen molar-refractivity contribution in [2.45, 2.75) is 32.4 Å². The molecular weight excluding hydrogens is 428 g/mol. The van der Waals surface area contributed by atoms with Gasteiger partial charge in [-0.05, 0) is 37.5 Å². The molecular formula is C22H30N6O5. The predicted molar refractivity (Wildman–Crippen MR) is 124 cm³/mol. The molecule has 3 heterocycles. The fourth-order valence-corrected chi connectivity index (χ4v) is 4.11. The first-order chi connectivity index (χ1) is 16.0. The predicted octanol–water partition coefficient (Wildman–Crippen LogP) is -0.229. The van der Waals surface area contributed by atoms with Crippen LogP contribution in [0.15, 0.2) is 21.7 Å². The number of hydrogen-bond acceptors (Lipinski definition) is 9. The van der Waals surface area contributed by atoms with Crippen molar-refractivity contribution in [1.29, 1.82) is 0 Å². The summed E-state index contributed by atoms with van der Waals surface area (Å²) < 4.78 is 7.15. The van der Waals surface area contributed by atoms with Gasteiger partial charge in [0.05, 0.1) is 30.4 Å². The maximum absolute atomic E-state index is 12.4. The molecule has 11 nitrogen and oxygen atoms in total. The molecule has 3 aliphatic rings. The van der Waals surface area contributed by atoms with Crippen LogP contribution in [0.4, 0.5) is 5.69 Å². The zero-order chi connectivity index (χ0) is 23.4. The average molecular weight is 459 g/mol. The van der Waals surface area contributed by atoms with E-state index in [1.54, 1.807) is 4.57 Å². The minimum Gasteiger partial charge on any atom is -0.396 e. The first-order valence-electron chi connectivity index (χ1n) is 11.2. The van der Waals surface area contributed by atoms with Gasteiger partial charge in [-0.15, -0.1) is 0 Å². The number of aryl methyl sites for hydroxylation is 2. The molecule has 3 aliphatic heterocycles. The van der Waals surface area contributed by atoms with Crippen LogP contribution in [-0.4, -0.2) is 86.7 Å². The molecule has 0 bridgehead atoms. The summed E-state index contributed by atoms with van der Waals surface area (Å²) in [7, 11) is 0. The fourth-order valence-electron chi connectivity index (χ4n) is 4.11. The van der Waals surface area contributed by atoms with Crippen LogP contribution < -0.4 is 16.6 Å². The lowest BCUT2D eigenvalue weighted by atomic mass is 10.1. The van der Waals surface area contributed by atoms with E-state index in [1.165, 1.54) is 0 Å². The lowest BCUT2D eigenvalue weighted by molar-refractivity contribution is 0.0398. The van der Waals surface area contributed by atoms with Gasteiger partial charge in [-0.2, -0.15) is 4.98 Å². The Hall–Kier alpha value is -2.86. The smallest absolute Gasteiger partial charge is 0.349 e. The Morgan fingerprint density at radius 3 is 2.73 bits per heavy atom. The molecule has 0 radical (unpaired) electrons. The van der Waals surface area contributed by atoms with Crippen molar-refractivity contribution in [3.63, 3.8) is 0 Å². The number of H-pyrrole nitrogens is 1. The number of aromatic amines is 1. The Labute approximate surface area is 190 Å². The lowest BCUT2D eigenvalue weighted by Gasteiger charge is -2.27. The van der Waals surface area contributed by atoms with Crippen LogP contribution in [0.1, 0.15) is 18.4 Å². The first-order valence-corrected chi connectivity index (χ1v) is 11.2. The van der Waals surface area contributed by atoms with Crippen LogP contribution in [0, 0.1) is 6.92 Å². The number of rotatable bonds is 9. The summed E-state index contributed by atoms with van der Waals surface area (Å²) in [4.78, 5) is 37.3. The first kappa shape index (κ1) is 23.3. The van der Waals surface area contributed by atoms with Gasteiger partial charge in [-0.25, -0.2) is 9.78 Å². The van der Waals surface area contributed by atoms with Crippen LogP contribution in [0.25, 0.3) is 22.6 Å². The second kappa shape index (κ2) is 10.4. The Morgan fingerprint density at radius 1 is 1.18 bits per heavy atom. The second-order valence-corrected chi connectivity index (χ2v) is 8.30. The highest BCUT2D eigenvalue weighted by Gasteiger charge is 2.20. The largest absolute Gasteiger partial charge is 0.396 e. The number of fused-ring (bicyclic) bond motifs is 2. The van der Waals surface area contributed by atoms with E-state index in [-0.39, 0.29) is 24.5 Å². The molecule has 4 rings (SSSR count). The van der Waals surface area contributed by atoms with Crippen molar-refractivity contribution in [3.05, 3.63) is 38.5 Å². The number of nitrogens with one attached hydrogen (secondary N) is 2. The Balaban J connectivity index is 1.70. The molecule has 4 N–H and O–H groups in total. The number of aliphatic hydroxyl groups is 2. The lowest BCUT2D eigenvalue weighted by Crippen LogP contribution is -2.39. The number of aromatic nitrogens is 4. The van der Waals surface area contributed by atoms with Gasteiger partial charge in [0.15, 0.2) is 11.5 Å². The summed E-state index contributed by atoms with van der Waals surface area (Å²) >= 11 is 0. The summed E-state index contributed by atoms with van der Waals surface area (Å²) in [6.45, 7) is 7.15. The van der Waals surface area contributed by atoms with Crippen LogP contribution in [0.2, 0.25) is 0 Å². The van der Waals surface area contributed by atoms with Gasteiger partial charge in [-0.3, -0.25) is 14.7 Å². The minimum absolute atomic E-state index is 0.0752. The number of aliphatic hydroxyl groups excluding tert-OH is 2. The Bertz CT molecular complexity index is 1190. The van der Waals surface area contributed by atoms with Gasteiger partial charge >= 0.3 is 5.69 Å². The van der Waals surface area contributed by atoms with Gasteiger partial charge in [-0.1, -0.05) is 0 Å². The van der Waals surface area contributed by atoms with Crippen molar-refractivity contribution in [3.8, 4) is 11.5 Å². The van der Waals surface area contributed by atoms with Crippen LogP contribution in [0.3, 0.4) is 0 Å². The summed E-state index contributed by atoms with van der Waals surface area (Å²) in [5, 5.41) is 22.7. The van der Waals surface area contributed by atoms with E-state index in [1.807, 2.05) is 19.1 Å². The maximum atomic E-state index is 12.4. The average Bonchev–Trinajstić information content (AvgIpc) is 2.79. The van der Waals surface area contributed by atoms with Crippen molar-refractivity contribution in [2.24, 2.45) is 0 Å². The van der Waals surface area contributed by atoms with Gasteiger partial charge in [0.25, 0.3) is 5.56 Å². The summed E-state index contributed by atoms with van der Waals surface area (Å²) in [6, 6.07) is 3.85. The Morgan fingerprint density at radius 2 is 1.97 bits per heavy atom. The third-order valence-corrected chi connectivity index (χ3v) is 5.95. The second-order valence-electron chi connectivity index (χ2n) is 8.30. The monoisotopic (exact) mass is 458 g/mol. The number of morpholine rings is 1. The third kappa shape index (κ3) is 5.38. The molecule has 0 saturated carbocycles. The minimum atomic E-state index is -0.741. The highest BCUT2D eigenvalue weighted by atomic mass is 16.5. The van der Waals surface area contributed by atoms with Crippen LogP contribution in [0.5, 0.6) is 0 Å². The molecule has 0 aromatic heterocycles. The van der Waals surface area contributed by atoms with E-state index >= 15 is 0 Å². The van der Waals surface area contributed by atoms with Gasteiger partial charge in [0.1, 0.15) is 0 Å². The Kier molecular flexibility index (Phi) is 7.33. The summed E-state index contributed by atoms with van der Waals surface area (Å²) in [6.07, 6.45) is -0.142. The van der Waals surface area contributed by atoms with Crippen LogP contribution >= 0.6 is 0 Å². The molecule has 0 amide bonds. The third-order valence-electron chi connectivity index (χ3n) is 5.95. The van der Waals surface area contributed by atoms with Gasteiger partial charge < -0.3 is 24.8 Å². The van der Waals surface area contributed by atoms with Gasteiger partial charge in [0, 0.05) is 45.0 Å². The molecule has 1 atom stereocenters.